The smallest absolute Gasteiger partial charge is 0.255 e. The highest BCUT2D eigenvalue weighted by atomic mass is 19.1. The molecule has 0 aliphatic carbocycles. The lowest BCUT2D eigenvalue weighted by Crippen LogP contribution is -2.18. The molecule has 1 aliphatic rings. The number of rotatable bonds is 3. The maximum Gasteiger partial charge on any atom is 0.255 e. The van der Waals surface area contributed by atoms with Gasteiger partial charge in [0.15, 0.2) is 5.75 Å². The molecule has 1 fully saturated rings. The predicted octanol–water partition coefficient (Wildman–Crippen LogP) is 2.17. The molecule has 2 unspecified atom stereocenters. The standard InChI is InChI=1S/C11H14FNO2/c1-8-4-5-9(15-8)7-14-10-3-2-6-13-11(10)12/h2-3,6,8-9H,4-5,7H2,1H3. The molecule has 1 saturated heterocycles. The third-order valence-electron chi connectivity index (χ3n) is 2.47. The molecule has 4 heteroatoms. The fourth-order valence-electron chi connectivity index (χ4n) is 1.67. The molecule has 0 aromatic carbocycles. The van der Waals surface area contributed by atoms with E-state index in [1.165, 1.54) is 6.20 Å². The summed E-state index contributed by atoms with van der Waals surface area (Å²) in [5, 5.41) is 0. The Balaban J connectivity index is 1.86. The first-order valence-electron chi connectivity index (χ1n) is 5.14. The number of hydrogen-bond donors (Lipinski definition) is 0. The lowest BCUT2D eigenvalue weighted by molar-refractivity contribution is 0.0254. The summed E-state index contributed by atoms with van der Waals surface area (Å²) in [7, 11) is 0. The molecule has 2 heterocycles. The van der Waals surface area contributed by atoms with E-state index in [0.717, 1.165) is 12.8 Å². The molecule has 0 radical (unpaired) electrons. The monoisotopic (exact) mass is 211 g/mol. The van der Waals surface area contributed by atoms with E-state index in [2.05, 4.69) is 4.98 Å². The summed E-state index contributed by atoms with van der Waals surface area (Å²) >= 11 is 0. The molecule has 0 amide bonds. The minimum atomic E-state index is -0.566. The summed E-state index contributed by atoms with van der Waals surface area (Å²) in [6.45, 7) is 2.43. The fourth-order valence-corrected chi connectivity index (χ4v) is 1.67. The molecule has 1 aromatic rings. The van der Waals surface area contributed by atoms with Gasteiger partial charge in [0, 0.05) is 6.20 Å². The van der Waals surface area contributed by atoms with Crippen LogP contribution in [-0.4, -0.2) is 23.8 Å². The summed E-state index contributed by atoms with van der Waals surface area (Å²) in [6, 6.07) is 3.22. The summed E-state index contributed by atoms with van der Waals surface area (Å²) in [4.78, 5) is 3.51. The average molecular weight is 211 g/mol. The summed E-state index contributed by atoms with van der Waals surface area (Å²) in [5.41, 5.74) is 0. The van der Waals surface area contributed by atoms with Crippen LogP contribution in [0.4, 0.5) is 4.39 Å². The zero-order valence-corrected chi connectivity index (χ0v) is 8.65. The SMILES string of the molecule is CC1CCC(COc2cccnc2F)O1. The first-order chi connectivity index (χ1) is 7.25. The van der Waals surface area contributed by atoms with Crippen molar-refractivity contribution >= 4 is 0 Å². The Labute approximate surface area is 88.2 Å². The number of hydrogen-bond acceptors (Lipinski definition) is 3. The third-order valence-corrected chi connectivity index (χ3v) is 2.47. The Bertz CT molecular complexity index is 332. The number of nitrogens with zero attached hydrogens (tertiary/aromatic N) is 1. The van der Waals surface area contributed by atoms with Crippen LogP contribution in [0.2, 0.25) is 0 Å². The van der Waals surface area contributed by atoms with Crippen LogP contribution in [0.15, 0.2) is 18.3 Å². The lowest BCUT2D eigenvalue weighted by atomic mass is 10.2. The van der Waals surface area contributed by atoms with Gasteiger partial charge in [0.1, 0.15) is 6.61 Å². The van der Waals surface area contributed by atoms with Gasteiger partial charge < -0.3 is 9.47 Å². The van der Waals surface area contributed by atoms with Gasteiger partial charge in [-0.2, -0.15) is 4.39 Å². The van der Waals surface area contributed by atoms with Crippen molar-refractivity contribution in [3.05, 3.63) is 24.3 Å². The molecule has 1 aromatic heterocycles. The van der Waals surface area contributed by atoms with Crippen LogP contribution in [0.1, 0.15) is 19.8 Å². The van der Waals surface area contributed by atoms with E-state index >= 15 is 0 Å². The molecule has 0 spiro atoms. The molecule has 82 valence electrons. The second kappa shape index (κ2) is 4.57. The minimum absolute atomic E-state index is 0.0830. The molecule has 2 atom stereocenters. The number of aromatic nitrogens is 1. The van der Waals surface area contributed by atoms with Crippen LogP contribution < -0.4 is 4.74 Å². The highest BCUT2D eigenvalue weighted by molar-refractivity contribution is 5.17. The van der Waals surface area contributed by atoms with E-state index < -0.39 is 5.95 Å². The Morgan fingerprint density at radius 1 is 1.60 bits per heavy atom. The maximum atomic E-state index is 13.1. The zero-order valence-electron chi connectivity index (χ0n) is 8.65. The Hall–Kier alpha value is -1.16. The maximum absolute atomic E-state index is 13.1. The van der Waals surface area contributed by atoms with Gasteiger partial charge >= 0.3 is 0 Å². The largest absolute Gasteiger partial charge is 0.486 e. The van der Waals surface area contributed by atoms with Gasteiger partial charge in [-0.05, 0) is 31.9 Å². The van der Waals surface area contributed by atoms with Crippen LogP contribution in [-0.2, 0) is 4.74 Å². The van der Waals surface area contributed by atoms with Crippen LogP contribution >= 0.6 is 0 Å². The van der Waals surface area contributed by atoms with Crippen molar-refractivity contribution in [3.63, 3.8) is 0 Å². The molecular formula is C11H14FNO2. The molecule has 0 saturated carbocycles. The second-order valence-electron chi connectivity index (χ2n) is 3.75. The van der Waals surface area contributed by atoms with Gasteiger partial charge in [-0.3, -0.25) is 0 Å². The average Bonchev–Trinajstić information content (AvgIpc) is 2.63. The second-order valence-corrected chi connectivity index (χ2v) is 3.75. The van der Waals surface area contributed by atoms with E-state index in [1.807, 2.05) is 6.92 Å². The molecule has 1 aliphatic heterocycles. The van der Waals surface area contributed by atoms with Crippen LogP contribution in [0.25, 0.3) is 0 Å². The van der Waals surface area contributed by atoms with Crippen molar-refractivity contribution < 1.29 is 13.9 Å². The zero-order chi connectivity index (χ0) is 10.7. The van der Waals surface area contributed by atoms with Gasteiger partial charge in [0.25, 0.3) is 5.95 Å². The third kappa shape index (κ3) is 2.65. The van der Waals surface area contributed by atoms with Gasteiger partial charge in [-0.25, -0.2) is 4.98 Å². The lowest BCUT2D eigenvalue weighted by Gasteiger charge is -2.12. The van der Waals surface area contributed by atoms with E-state index in [4.69, 9.17) is 9.47 Å². The normalized spacial score (nSPS) is 25.5. The van der Waals surface area contributed by atoms with E-state index in [-0.39, 0.29) is 18.0 Å². The van der Waals surface area contributed by atoms with Crippen LogP contribution in [0.3, 0.4) is 0 Å². The Morgan fingerprint density at radius 3 is 3.13 bits per heavy atom. The van der Waals surface area contributed by atoms with Gasteiger partial charge in [0.05, 0.1) is 12.2 Å². The summed E-state index contributed by atoms with van der Waals surface area (Å²) in [6.07, 6.45) is 3.79. The minimum Gasteiger partial charge on any atom is -0.486 e. The van der Waals surface area contributed by atoms with E-state index in [0.29, 0.717) is 6.61 Å². The van der Waals surface area contributed by atoms with Crippen molar-refractivity contribution in [1.82, 2.24) is 4.98 Å². The van der Waals surface area contributed by atoms with Crippen molar-refractivity contribution in [2.75, 3.05) is 6.61 Å². The van der Waals surface area contributed by atoms with Crippen LogP contribution in [0.5, 0.6) is 5.75 Å². The fraction of sp³-hybridized carbons (Fsp3) is 0.545. The van der Waals surface area contributed by atoms with Gasteiger partial charge in [0.2, 0.25) is 0 Å². The van der Waals surface area contributed by atoms with Crippen molar-refractivity contribution in [2.24, 2.45) is 0 Å². The Kier molecular flexibility index (Phi) is 3.16. The number of pyridine rings is 1. The summed E-state index contributed by atoms with van der Waals surface area (Å²) in [5.74, 6) is -0.371. The molecule has 3 nitrogen and oxygen atoms in total. The molecular weight excluding hydrogens is 197 g/mol. The quantitative estimate of drug-likeness (QED) is 0.718. The number of ether oxygens (including phenoxy) is 2. The van der Waals surface area contributed by atoms with Gasteiger partial charge in [-0.1, -0.05) is 0 Å². The van der Waals surface area contributed by atoms with E-state index in [1.54, 1.807) is 12.1 Å². The van der Waals surface area contributed by atoms with E-state index in [9.17, 15) is 4.39 Å². The summed E-state index contributed by atoms with van der Waals surface area (Å²) < 4.78 is 23.9. The molecule has 0 N–H and O–H groups in total. The first kappa shape index (κ1) is 10.4. The number of halogens is 1. The highest BCUT2D eigenvalue weighted by Crippen LogP contribution is 2.21. The molecule has 0 bridgehead atoms. The topological polar surface area (TPSA) is 31.4 Å². The van der Waals surface area contributed by atoms with Crippen molar-refractivity contribution in [1.29, 1.82) is 0 Å². The van der Waals surface area contributed by atoms with Crippen molar-refractivity contribution in [3.8, 4) is 5.75 Å². The molecule has 15 heavy (non-hydrogen) atoms. The van der Waals surface area contributed by atoms with Gasteiger partial charge in [-0.15, -0.1) is 0 Å². The first-order valence-corrected chi connectivity index (χ1v) is 5.14. The Morgan fingerprint density at radius 2 is 2.47 bits per heavy atom. The highest BCUT2D eigenvalue weighted by Gasteiger charge is 2.22. The van der Waals surface area contributed by atoms with Crippen molar-refractivity contribution in [2.45, 2.75) is 32.0 Å². The predicted molar refractivity (Wildman–Crippen MR) is 53.3 cm³/mol. The molecule has 2 rings (SSSR count). The van der Waals surface area contributed by atoms with Crippen LogP contribution in [0, 0.1) is 5.95 Å².